The summed E-state index contributed by atoms with van der Waals surface area (Å²) in [4.78, 5) is 4.87. The van der Waals surface area contributed by atoms with Crippen LogP contribution in [-0.2, 0) is 6.42 Å². The molecule has 0 fully saturated rings. The Morgan fingerprint density at radius 1 is 1.04 bits per heavy atom. The molecule has 2 N–H and O–H groups in total. The van der Waals surface area contributed by atoms with Gasteiger partial charge in [-0.3, -0.25) is 0 Å². The van der Waals surface area contributed by atoms with Crippen LogP contribution < -0.4 is 5.73 Å². The first kappa shape index (κ1) is 15.5. The average Bonchev–Trinajstić information content (AvgIpc) is 2.51. The van der Waals surface area contributed by atoms with Crippen LogP contribution in [0.5, 0.6) is 0 Å². The zero-order chi connectivity index (χ0) is 16.6. The lowest BCUT2D eigenvalue weighted by Gasteiger charge is -2.11. The minimum absolute atomic E-state index is 0.639. The number of hydrogen-bond acceptors (Lipinski definition) is 2. The normalized spacial score (nSPS) is 11.3. The lowest BCUT2D eigenvalue weighted by atomic mass is 9.97. The Bertz CT molecular complexity index is 840. The monoisotopic (exact) mass is 304 g/mol. The van der Waals surface area contributed by atoms with E-state index in [1.807, 2.05) is 6.07 Å². The highest BCUT2D eigenvalue weighted by atomic mass is 14.7. The van der Waals surface area contributed by atoms with Gasteiger partial charge in [0.05, 0.1) is 11.2 Å². The summed E-state index contributed by atoms with van der Waals surface area (Å²) in [7, 11) is 0. The Labute approximate surface area is 138 Å². The van der Waals surface area contributed by atoms with Gasteiger partial charge in [0.2, 0.25) is 0 Å². The minimum atomic E-state index is 0.639. The molecule has 0 bridgehead atoms. The van der Waals surface area contributed by atoms with E-state index in [4.69, 9.17) is 10.7 Å². The molecular formula is C21H24N2. The number of anilines is 1. The molecule has 2 heteroatoms. The lowest BCUT2D eigenvalue weighted by Crippen LogP contribution is -1.97. The summed E-state index contributed by atoms with van der Waals surface area (Å²) in [6.45, 7) is 8.65. The van der Waals surface area contributed by atoms with Gasteiger partial charge in [0.1, 0.15) is 0 Å². The smallest absolute Gasteiger partial charge is 0.0712 e. The van der Waals surface area contributed by atoms with E-state index >= 15 is 0 Å². The van der Waals surface area contributed by atoms with Gasteiger partial charge in [0, 0.05) is 16.6 Å². The molecule has 118 valence electrons. The van der Waals surface area contributed by atoms with Crippen molar-refractivity contribution in [2.24, 2.45) is 5.92 Å². The van der Waals surface area contributed by atoms with Crippen LogP contribution in [0.1, 0.15) is 30.5 Å². The number of benzene rings is 2. The highest BCUT2D eigenvalue weighted by molar-refractivity contribution is 5.85. The Morgan fingerprint density at radius 2 is 1.83 bits per heavy atom. The third-order valence-electron chi connectivity index (χ3n) is 4.45. The van der Waals surface area contributed by atoms with Crippen molar-refractivity contribution >= 4 is 16.6 Å². The van der Waals surface area contributed by atoms with Gasteiger partial charge in [0.15, 0.2) is 0 Å². The zero-order valence-corrected chi connectivity index (χ0v) is 14.4. The van der Waals surface area contributed by atoms with Crippen LogP contribution in [0, 0.1) is 19.8 Å². The van der Waals surface area contributed by atoms with E-state index in [-0.39, 0.29) is 0 Å². The Balaban J connectivity index is 2.11. The first-order valence-corrected chi connectivity index (χ1v) is 8.21. The van der Waals surface area contributed by atoms with Gasteiger partial charge in [-0.1, -0.05) is 32.0 Å². The molecule has 0 saturated heterocycles. The number of nitrogen functional groups attached to an aromatic ring is 1. The zero-order valence-electron chi connectivity index (χ0n) is 14.4. The number of nitrogens with two attached hydrogens (primary N) is 1. The van der Waals surface area contributed by atoms with Crippen molar-refractivity contribution in [3.63, 3.8) is 0 Å². The number of hydrogen-bond donors (Lipinski definition) is 1. The fourth-order valence-corrected chi connectivity index (χ4v) is 3.03. The third kappa shape index (κ3) is 3.07. The number of aromatic nitrogens is 1. The number of nitrogens with zero attached hydrogens (tertiary/aromatic N) is 1. The molecule has 1 heterocycles. The highest BCUT2D eigenvalue weighted by Gasteiger charge is 2.08. The predicted molar refractivity (Wildman–Crippen MR) is 99.6 cm³/mol. The molecule has 0 aliphatic carbocycles. The number of rotatable bonds is 3. The van der Waals surface area contributed by atoms with E-state index in [2.05, 4.69) is 64.1 Å². The maximum Gasteiger partial charge on any atom is 0.0712 e. The molecule has 2 aromatic carbocycles. The van der Waals surface area contributed by atoms with Crippen LogP contribution in [0.25, 0.3) is 22.2 Å². The Hall–Kier alpha value is -2.35. The van der Waals surface area contributed by atoms with Crippen molar-refractivity contribution in [1.29, 1.82) is 0 Å². The number of pyridine rings is 1. The summed E-state index contributed by atoms with van der Waals surface area (Å²) in [5.41, 5.74) is 13.8. The summed E-state index contributed by atoms with van der Waals surface area (Å²) >= 11 is 0. The molecule has 0 spiro atoms. The topological polar surface area (TPSA) is 38.9 Å². The van der Waals surface area contributed by atoms with E-state index in [0.29, 0.717) is 5.92 Å². The van der Waals surface area contributed by atoms with Crippen LogP contribution in [0.3, 0.4) is 0 Å². The second-order valence-electron chi connectivity index (χ2n) is 6.79. The van der Waals surface area contributed by atoms with E-state index in [1.54, 1.807) is 0 Å². The van der Waals surface area contributed by atoms with Crippen molar-refractivity contribution in [2.75, 3.05) is 5.73 Å². The quantitative estimate of drug-likeness (QED) is 0.667. The maximum absolute atomic E-state index is 6.12. The Kier molecular flexibility index (Phi) is 4.08. The molecule has 0 amide bonds. The van der Waals surface area contributed by atoms with Gasteiger partial charge in [-0.25, -0.2) is 4.98 Å². The standard InChI is InChI=1S/C21H24N2/c1-13(2)10-16-6-5-7-21-18(16)8-9-20(23-21)17-11-14(3)15(4)19(22)12-17/h5-9,11-13H,10,22H2,1-4H3. The molecule has 2 nitrogen and oxygen atoms in total. The van der Waals surface area contributed by atoms with Crippen molar-refractivity contribution in [2.45, 2.75) is 34.1 Å². The van der Waals surface area contributed by atoms with Gasteiger partial charge in [0.25, 0.3) is 0 Å². The SMILES string of the molecule is Cc1cc(-c2ccc3c(CC(C)C)cccc3n2)cc(N)c1C. The molecular weight excluding hydrogens is 280 g/mol. The van der Waals surface area contributed by atoms with Gasteiger partial charge < -0.3 is 5.73 Å². The molecule has 3 aromatic rings. The van der Waals surface area contributed by atoms with E-state index < -0.39 is 0 Å². The summed E-state index contributed by atoms with van der Waals surface area (Å²) in [6, 6.07) is 14.9. The molecule has 0 unspecified atom stereocenters. The predicted octanol–water partition coefficient (Wildman–Crippen LogP) is 5.30. The fraction of sp³-hybridized carbons (Fsp3) is 0.286. The second kappa shape index (κ2) is 6.04. The van der Waals surface area contributed by atoms with Crippen molar-refractivity contribution < 1.29 is 0 Å². The summed E-state index contributed by atoms with van der Waals surface area (Å²) in [6.07, 6.45) is 1.08. The van der Waals surface area contributed by atoms with Crippen LogP contribution in [0.15, 0.2) is 42.5 Å². The van der Waals surface area contributed by atoms with E-state index in [0.717, 1.165) is 34.4 Å². The molecule has 0 atom stereocenters. The first-order valence-electron chi connectivity index (χ1n) is 8.21. The second-order valence-corrected chi connectivity index (χ2v) is 6.79. The van der Waals surface area contributed by atoms with Crippen molar-refractivity contribution in [1.82, 2.24) is 4.98 Å². The first-order chi connectivity index (χ1) is 11.0. The van der Waals surface area contributed by atoms with Crippen molar-refractivity contribution in [3.8, 4) is 11.3 Å². The summed E-state index contributed by atoms with van der Waals surface area (Å²) in [5.74, 6) is 0.639. The molecule has 0 aliphatic rings. The van der Waals surface area contributed by atoms with Crippen molar-refractivity contribution in [3.05, 3.63) is 59.2 Å². The third-order valence-corrected chi connectivity index (χ3v) is 4.45. The number of fused-ring (bicyclic) bond motifs is 1. The molecule has 23 heavy (non-hydrogen) atoms. The van der Waals surface area contributed by atoms with Gasteiger partial charge in [-0.05, 0) is 67.1 Å². The van der Waals surface area contributed by atoms with Gasteiger partial charge >= 0.3 is 0 Å². The van der Waals surface area contributed by atoms with Gasteiger partial charge in [-0.2, -0.15) is 0 Å². The number of aryl methyl sites for hydroxylation is 1. The fourth-order valence-electron chi connectivity index (χ4n) is 3.03. The minimum Gasteiger partial charge on any atom is -0.398 e. The van der Waals surface area contributed by atoms with Crippen LogP contribution in [0.4, 0.5) is 5.69 Å². The molecule has 0 radical (unpaired) electrons. The largest absolute Gasteiger partial charge is 0.398 e. The van der Waals surface area contributed by atoms with E-state index in [9.17, 15) is 0 Å². The maximum atomic E-state index is 6.12. The lowest BCUT2D eigenvalue weighted by molar-refractivity contribution is 0.650. The van der Waals surface area contributed by atoms with Gasteiger partial charge in [-0.15, -0.1) is 0 Å². The summed E-state index contributed by atoms with van der Waals surface area (Å²) < 4.78 is 0. The average molecular weight is 304 g/mol. The van der Waals surface area contributed by atoms with E-state index in [1.165, 1.54) is 16.5 Å². The Morgan fingerprint density at radius 3 is 2.52 bits per heavy atom. The highest BCUT2D eigenvalue weighted by Crippen LogP contribution is 2.28. The van der Waals surface area contributed by atoms with Crippen LogP contribution in [0.2, 0.25) is 0 Å². The molecule has 0 aliphatic heterocycles. The molecule has 1 aromatic heterocycles. The van der Waals surface area contributed by atoms with Crippen LogP contribution >= 0.6 is 0 Å². The summed E-state index contributed by atoms with van der Waals surface area (Å²) in [5, 5.41) is 1.25. The molecule has 3 rings (SSSR count). The molecule has 0 saturated carbocycles. The van der Waals surface area contributed by atoms with Crippen LogP contribution in [-0.4, -0.2) is 4.98 Å².